The maximum atomic E-state index is 11.8. The van der Waals surface area contributed by atoms with Crippen molar-refractivity contribution in [3.63, 3.8) is 0 Å². The van der Waals surface area contributed by atoms with Gasteiger partial charge in [0.15, 0.2) is 0 Å². The SMILES string of the molecule is CCCC(=O)C1CC2(CCCCC2)CN1. The molecular formula is C13H23NO. The molecule has 1 heterocycles. The summed E-state index contributed by atoms with van der Waals surface area (Å²) in [7, 11) is 0. The molecular weight excluding hydrogens is 186 g/mol. The Morgan fingerprint density at radius 3 is 2.73 bits per heavy atom. The van der Waals surface area contributed by atoms with Gasteiger partial charge in [0.25, 0.3) is 0 Å². The molecule has 1 N–H and O–H groups in total. The van der Waals surface area contributed by atoms with Crippen LogP contribution in [0.5, 0.6) is 0 Å². The molecule has 2 fully saturated rings. The molecule has 0 radical (unpaired) electrons. The van der Waals surface area contributed by atoms with E-state index in [0.717, 1.165) is 25.8 Å². The van der Waals surface area contributed by atoms with Gasteiger partial charge in [-0.3, -0.25) is 4.79 Å². The van der Waals surface area contributed by atoms with Crippen LogP contribution in [-0.2, 0) is 4.79 Å². The minimum atomic E-state index is 0.183. The molecule has 0 bridgehead atoms. The highest BCUT2D eigenvalue weighted by Gasteiger charge is 2.41. The molecule has 0 aromatic heterocycles. The second-order valence-corrected chi connectivity index (χ2v) is 5.41. The van der Waals surface area contributed by atoms with Crippen molar-refractivity contribution in [3.8, 4) is 0 Å². The molecule has 1 aliphatic heterocycles. The summed E-state index contributed by atoms with van der Waals surface area (Å²) in [4.78, 5) is 11.8. The zero-order valence-electron chi connectivity index (χ0n) is 9.85. The molecule has 1 atom stereocenters. The van der Waals surface area contributed by atoms with Crippen LogP contribution in [0.4, 0.5) is 0 Å². The summed E-state index contributed by atoms with van der Waals surface area (Å²) in [6.07, 6.45) is 9.69. The van der Waals surface area contributed by atoms with Gasteiger partial charge in [0.2, 0.25) is 0 Å². The van der Waals surface area contributed by atoms with Crippen LogP contribution in [0.1, 0.15) is 58.3 Å². The van der Waals surface area contributed by atoms with Crippen molar-refractivity contribution in [3.05, 3.63) is 0 Å². The lowest BCUT2D eigenvalue weighted by Crippen LogP contribution is -2.30. The monoisotopic (exact) mass is 209 g/mol. The summed E-state index contributed by atoms with van der Waals surface area (Å²) in [5.74, 6) is 0.444. The minimum Gasteiger partial charge on any atom is -0.307 e. The van der Waals surface area contributed by atoms with E-state index in [0.29, 0.717) is 11.2 Å². The summed E-state index contributed by atoms with van der Waals surface area (Å²) in [5.41, 5.74) is 0.492. The van der Waals surface area contributed by atoms with Gasteiger partial charge in [0.05, 0.1) is 6.04 Å². The summed E-state index contributed by atoms with van der Waals surface area (Å²) in [5, 5.41) is 3.45. The maximum Gasteiger partial charge on any atom is 0.149 e. The Morgan fingerprint density at radius 1 is 1.33 bits per heavy atom. The van der Waals surface area contributed by atoms with E-state index in [-0.39, 0.29) is 6.04 Å². The van der Waals surface area contributed by atoms with Gasteiger partial charge in [-0.25, -0.2) is 0 Å². The summed E-state index contributed by atoms with van der Waals surface area (Å²) < 4.78 is 0. The fourth-order valence-electron chi connectivity index (χ4n) is 3.25. The van der Waals surface area contributed by atoms with Crippen molar-refractivity contribution < 1.29 is 4.79 Å². The average Bonchev–Trinajstić information content (AvgIpc) is 2.64. The van der Waals surface area contributed by atoms with Crippen molar-refractivity contribution in [1.29, 1.82) is 0 Å². The molecule has 1 aliphatic carbocycles. The van der Waals surface area contributed by atoms with Gasteiger partial charge in [0.1, 0.15) is 5.78 Å². The van der Waals surface area contributed by atoms with E-state index in [1.54, 1.807) is 0 Å². The van der Waals surface area contributed by atoms with E-state index in [1.807, 2.05) is 0 Å². The Labute approximate surface area is 92.8 Å². The Morgan fingerprint density at radius 2 is 2.07 bits per heavy atom. The molecule has 1 unspecified atom stereocenters. The van der Waals surface area contributed by atoms with Crippen molar-refractivity contribution in [2.45, 2.75) is 64.3 Å². The molecule has 1 spiro atoms. The summed E-state index contributed by atoms with van der Waals surface area (Å²) >= 11 is 0. The second kappa shape index (κ2) is 4.65. The first-order valence-corrected chi connectivity index (χ1v) is 6.52. The van der Waals surface area contributed by atoms with E-state index in [4.69, 9.17) is 0 Å². The van der Waals surface area contributed by atoms with E-state index in [2.05, 4.69) is 12.2 Å². The van der Waals surface area contributed by atoms with Crippen LogP contribution in [0.25, 0.3) is 0 Å². The molecule has 2 rings (SSSR count). The Hall–Kier alpha value is -0.370. The summed E-state index contributed by atoms with van der Waals surface area (Å²) in [6, 6.07) is 0.183. The number of carbonyl (C=O) groups excluding carboxylic acids is 1. The first-order valence-electron chi connectivity index (χ1n) is 6.52. The number of carbonyl (C=O) groups is 1. The number of rotatable bonds is 3. The molecule has 1 saturated carbocycles. The third-order valence-corrected chi connectivity index (χ3v) is 4.16. The molecule has 15 heavy (non-hydrogen) atoms. The maximum absolute atomic E-state index is 11.8. The van der Waals surface area contributed by atoms with Gasteiger partial charge < -0.3 is 5.32 Å². The number of nitrogens with one attached hydrogen (secondary N) is 1. The van der Waals surface area contributed by atoms with Gasteiger partial charge in [-0.1, -0.05) is 26.2 Å². The quantitative estimate of drug-likeness (QED) is 0.774. The number of hydrogen-bond donors (Lipinski definition) is 1. The Bertz CT molecular complexity index is 231. The van der Waals surface area contributed by atoms with Gasteiger partial charge in [-0.05, 0) is 31.1 Å². The van der Waals surface area contributed by atoms with Crippen LogP contribution in [-0.4, -0.2) is 18.4 Å². The zero-order chi connectivity index (χ0) is 10.7. The summed E-state index contributed by atoms with van der Waals surface area (Å²) in [6.45, 7) is 3.18. The second-order valence-electron chi connectivity index (χ2n) is 5.41. The first-order chi connectivity index (χ1) is 7.26. The standard InChI is InChI=1S/C13H23NO/c1-2-6-12(15)11-9-13(10-14-11)7-4-3-5-8-13/h11,14H,2-10H2,1H3. The Balaban J connectivity index is 1.90. The zero-order valence-corrected chi connectivity index (χ0v) is 9.85. The fourth-order valence-corrected chi connectivity index (χ4v) is 3.25. The third-order valence-electron chi connectivity index (χ3n) is 4.16. The third kappa shape index (κ3) is 2.41. The normalized spacial score (nSPS) is 29.5. The molecule has 2 aliphatic rings. The van der Waals surface area contributed by atoms with Crippen LogP contribution in [0.2, 0.25) is 0 Å². The lowest BCUT2D eigenvalue weighted by atomic mass is 9.72. The van der Waals surface area contributed by atoms with E-state index in [1.165, 1.54) is 32.1 Å². The lowest BCUT2D eigenvalue weighted by molar-refractivity contribution is -0.120. The highest BCUT2D eigenvalue weighted by molar-refractivity contribution is 5.84. The van der Waals surface area contributed by atoms with Crippen molar-refractivity contribution in [1.82, 2.24) is 5.32 Å². The molecule has 0 aromatic rings. The molecule has 86 valence electrons. The van der Waals surface area contributed by atoms with Crippen molar-refractivity contribution in [2.24, 2.45) is 5.41 Å². The fraction of sp³-hybridized carbons (Fsp3) is 0.923. The first kappa shape index (κ1) is 11.1. The smallest absolute Gasteiger partial charge is 0.149 e. The van der Waals surface area contributed by atoms with Gasteiger partial charge in [0, 0.05) is 13.0 Å². The molecule has 2 heteroatoms. The highest BCUT2D eigenvalue weighted by atomic mass is 16.1. The van der Waals surface area contributed by atoms with E-state index < -0.39 is 0 Å². The number of ketones is 1. The van der Waals surface area contributed by atoms with Crippen LogP contribution >= 0.6 is 0 Å². The molecule has 1 saturated heterocycles. The lowest BCUT2D eigenvalue weighted by Gasteiger charge is -2.32. The largest absolute Gasteiger partial charge is 0.307 e. The number of Topliss-reactive ketones (excluding diaryl/α,β-unsaturated/α-hetero) is 1. The predicted molar refractivity (Wildman–Crippen MR) is 61.8 cm³/mol. The minimum absolute atomic E-state index is 0.183. The van der Waals surface area contributed by atoms with E-state index in [9.17, 15) is 4.79 Å². The van der Waals surface area contributed by atoms with Crippen LogP contribution in [0.15, 0.2) is 0 Å². The average molecular weight is 209 g/mol. The molecule has 0 aromatic carbocycles. The van der Waals surface area contributed by atoms with Crippen molar-refractivity contribution in [2.75, 3.05) is 6.54 Å². The predicted octanol–water partition coefficient (Wildman–Crippen LogP) is 2.67. The highest BCUT2D eigenvalue weighted by Crippen LogP contribution is 2.42. The van der Waals surface area contributed by atoms with Gasteiger partial charge in [-0.15, -0.1) is 0 Å². The topological polar surface area (TPSA) is 29.1 Å². The molecule has 2 nitrogen and oxygen atoms in total. The van der Waals surface area contributed by atoms with Crippen LogP contribution in [0, 0.1) is 5.41 Å². The van der Waals surface area contributed by atoms with Crippen LogP contribution < -0.4 is 5.32 Å². The Kier molecular flexibility index (Phi) is 3.45. The van der Waals surface area contributed by atoms with E-state index >= 15 is 0 Å². The van der Waals surface area contributed by atoms with Crippen molar-refractivity contribution >= 4 is 5.78 Å². The number of hydrogen-bond acceptors (Lipinski definition) is 2. The van der Waals surface area contributed by atoms with Gasteiger partial charge >= 0.3 is 0 Å². The van der Waals surface area contributed by atoms with Crippen LogP contribution in [0.3, 0.4) is 0 Å². The van der Waals surface area contributed by atoms with Gasteiger partial charge in [-0.2, -0.15) is 0 Å². The molecule has 0 amide bonds.